The fourth-order valence-corrected chi connectivity index (χ4v) is 5.33. The molecule has 0 unspecified atom stereocenters. The zero-order chi connectivity index (χ0) is 30.5. The van der Waals surface area contributed by atoms with Crippen LogP contribution in [0, 0.1) is 41.8 Å². The summed E-state index contributed by atoms with van der Waals surface area (Å²) in [7, 11) is -3.84. The van der Waals surface area contributed by atoms with Gasteiger partial charge in [-0.3, -0.25) is 9.36 Å². The standard InChI is InChI=1S/C29H17F6NO5S/c1-14-4-3-5-15(10-14)18-12-22(40-2)21(13-19(18)30)36-20-8-7-17(11-16(20)6-9-23(36)37)42(38,39)41-29-27(34)25(32)24(31)26(33)28(29)35/h3-13H,1-2H3. The molecule has 5 rings (SSSR count). The maximum atomic E-state index is 15.4. The lowest BCUT2D eigenvalue weighted by Gasteiger charge is -2.17. The van der Waals surface area contributed by atoms with E-state index in [4.69, 9.17) is 4.74 Å². The lowest BCUT2D eigenvalue weighted by Crippen LogP contribution is -2.19. The maximum absolute atomic E-state index is 15.4. The molecule has 13 heteroatoms. The van der Waals surface area contributed by atoms with Gasteiger partial charge in [-0.1, -0.05) is 29.8 Å². The minimum absolute atomic E-state index is 0.0183. The fourth-order valence-electron chi connectivity index (χ4n) is 4.36. The van der Waals surface area contributed by atoms with Crippen LogP contribution in [0.1, 0.15) is 5.56 Å². The monoisotopic (exact) mass is 605 g/mol. The second kappa shape index (κ2) is 10.6. The van der Waals surface area contributed by atoms with E-state index < -0.39 is 61.2 Å². The van der Waals surface area contributed by atoms with Gasteiger partial charge in [0.15, 0.2) is 0 Å². The van der Waals surface area contributed by atoms with E-state index in [1.165, 1.54) is 19.2 Å². The predicted octanol–water partition coefficient (Wildman–Crippen LogP) is 6.58. The molecule has 0 spiro atoms. The topological polar surface area (TPSA) is 74.6 Å². The summed E-state index contributed by atoms with van der Waals surface area (Å²) in [4.78, 5) is 12.2. The summed E-state index contributed by atoms with van der Waals surface area (Å²) in [5.41, 5.74) is 1.05. The molecule has 0 atom stereocenters. The fraction of sp³-hybridized carbons (Fsp3) is 0.0690. The lowest BCUT2D eigenvalue weighted by atomic mass is 10.0. The van der Waals surface area contributed by atoms with Crippen molar-refractivity contribution in [3.8, 4) is 28.3 Å². The Hall–Kier alpha value is -4.78. The number of hydrogen-bond donors (Lipinski definition) is 0. The zero-order valence-corrected chi connectivity index (χ0v) is 22.3. The second-order valence-corrected chi connectivity index (χ2v) is 10.6. The molecule has 4 aromatic carbocycles. The highest BCUT2D eigenvalue weighted by molar-refractivity contribution is 7.87. The van der Waals surface area contributed by atoms with Crippen molar-refractivity contribution in [3.05, 3.63) is 118 Å². The molecule has 216 valence electrons. The molecule has 0 amide bonds. The largest absolute Gasteiger partial charge is 0.495 e. The molecule has 0 aliphatic carbocycles. The number of aromatic nitrogens is 1. The van der Waals surface area contributed by atoms with E-state index >= 15 is 4.39 Å². The minimum atomic E-state index is -5.15. The summed E-state index contributed by atoms with van der Waals surface area (Å²) in [6.07, 6.45) is 0. The van der Waals surface area contributed by atoms with Crippen LogP contribution in [0.5, 0.6) is 11.5 Å². The average molecular weight is 606 g/mol. The third-order valence-electron chi connectivity index (χ3n) is 6.36. The molecule has 6 nitrogen and oxygen atoms in total. The number of nitrogens with zero attached hydrogens (tertiary/aromatic N) is 1. The van der Waals surface area contributed by atoms with Gasteiger partial charge in [0.05, 0.1) is 18.3 Å². The normalized spacial score (nSPS) is 11.6. The van der Waals surface area contributed by atoms with Crippen LogP contribution in [0.25, 0.3) is 27.7 Å². The molecule has 0 bridgehead atoms. The number of fused-ring (bicyclic) bond motifs is 1. The molecule has 0 aliphatic rings. The molecule has 1 heterocycles. The van der Waals surface area contributed by atoms with Gasteiger partial charge in [-0.25, -0.2) is 17.6 Å². The van der Waals surface area contributed by atoms with Crippen molar-refractivity contribution in [2.24, 2.45) is 0 Å². The van der Waals surface area contributed by atoms with Crippen molar-refractivity contribution >= 4 is 21.0 Å². The van der Waals surface area contributed by atoms with E-state index in [1.807, 2.05) is 13.0 Å². The average Bonchev–Trinajstić information content (AvgIpc) is 2.97. The molecule has 0 aliphatic heterocycles. The van der Waals surface area contributed by atoms with Gasteiger partial charge < -0.3 is 8.92 Å². The van der Waals surface area contributed by atoms with Crippen molar-refractivity contribution in [1.29, 1.82) is 0 Å². The van der Waals surface area contributed by atoms with E-state index in [9.17, 15) is 35.2 Å². The maximum Gasteiger partial charge on any atom is 0.339 e. The van der Waals surface area contributed by atoms with E-state index in [-0.39, 0.29) is 27.9 Å². The summed E-state index contributed by atoms with van der Waals surface area (Å²) in [6, 6.07) is 14.7. The number of hydrogen-bond acceptors (Lipinski definition) is 5. The van der Waals surface area contributed by atoms with Gasteiger partial charge in [0.1, 0.15) is 16.5 Å². The Morgan fingerprint density at radius 1 is 0.762 bits per heavy atom. The first kappa shape index (κ1) is 28.7. The van der Waals surface area contributed by atoms with Crippen LogP contribution in [0.2, 0.25) is 0 Å². The van der Waals surface area contributed by atoms with Crippen LogP contribution in [0.3, 0.4) is 0 Å². The van der Waals surface area contributed by atoms with E-state index in [1.54, 1.807) is 18.2 Å². The van der Waals surface area contributed by atoms with Gasteiger partial charge in [0.25, 0.3) is 5.56 Å². The summed E-state index contributed by atoms with van der Waals surface area (Å²) in [5, 5.41) is 0.0573. The summed E-state index contributed by atoms with van der Waals surface area (Å²) < 4.78 is 120. The first-order valence-electron chi connectivity index (χ1n) is 11.9. The Balaban J connectivity index is 1.62. The highest BCUT2D eigenvalue weighted by Gasteiger charge is 2.31. The molecule has 0 radical (unpaired) electrons. The minimum Gasteiger partial charge on any atom is -0.495 e. The summed E-state index contributed by atoms with van der Waals surface area (Å²) in [5.74, 6) is -14.8. The second-order valence-electron chi connectivity index (χ2n) is 9.04. The molecule has 5 aromatic rings. The van der Waals surface area contributed by atoms with E-state index in [2.05, 4.69) is 4.18 Å². The number of methoxy groups -OCH3 is 1. The quantitative estimate of drug-likeness (QED) is 0.0947. The van der Waals surface area contributed by atoms with Gasteiger partial charge in [-0.05, 0) is 42.8 Å². The molecule has 1 aromatic heterocycles. The van der Waals surface area contributed by atoms with E-state index in [0.29, 0.717) is 5.56 Å². The number of halogens is 6. The SMILES string of the molecule is COc1cc(-c2cccc(C)c2)c(F)cc1-n1c(=O)ccc2cc(S(=O)(=O)Oc3c(F)c(F)c(F)c(F)c3F)ccc21. The Labute approximate surface area is 234 Å². The first-order valence-corrected chi connectivity index (χ1v) is 13.3. The van der Waals surface area contributed by atoms with Crippen molar-refractivity contribution < 1.29 is 43.7 Å². The van der Waals surface area contributed by atoms with Crippen LogP contribution in [-0.4, -0.2) is 20.1 Å². The van der Waals surface area contributed by atoms with Gasteiger partial charge in [-0.15, -0.1) is 0 Å². The predicted molar refractivity (Wildman–Crippen MR) is 140 cm³/mol. The molecule has 0 saturated heterocycles. The van der Waals surface area contributed by atoms with E-state index in [0.717, 1.165) is 40.5 Å². The Kier molecular flexibility index (Phi) is 7.23. The number of aryl methyl sites for hydroxylation is 1. The summed E-state index contributed by atoms with van der Waals surface area (Å²) in [6.45, 7) is 1.84. The molecule has 42 heavy (non-hydrogen) atoms. The van der Waals surface area contributed by atoms with Crippen LogP contribution < -0.4 is 14.5 Å². The van der Waals surface area contributed by atoms with Crippen LogP contribution in [-0.2, 0) is 10.1 Å². The Bertz CT molecular complexity index is 2050. The third-order valence-corrected chi connectivity index (χ3v) is 7.57. The molecule has 0 fully saturated rings. The van der Waals surface area contributed by atoms with Crippen LogP contribution >= 0.6 is 0 Å². The molecule has 0 saturated carbocycles. The number of rotatable bonds is 6. The zero-order valence-electron chi connectivity index (χ0n) is 21.5. The number of ether oxygens (including phenoxy) is 1. The lowest BCUT2D eigenvalue weighted by molar-refractivity contribution is 0.346. The van der Waals surface area contributed by atoms with Gasteiger partial charge in [0, 0.05) is 23.1 Å². The highest BCUT2D eigenvalue weighted by Crippen LogP contribution is 2.35. The Morgan fingerprint density at radius 3 is 2.07 bits per heavy atom. The Morgan fingerprint density at radius 2 is 1.43 bits per heavy atom. The molecular formula is C29H17F6NO5S. The van der Waals surface area contributed by atoms with Crippen molar-refractivity contribution in [2.45, 2.75) is 11.8 Å². The van der Waals surface area contributed by atoms with Crippen molar-refractivity contribution in [1.82, 2.24) is 4.57 Å². The molecule has 0 N–H and O–H groups in total. The van der Waals surface area contributed by atoms with Gasteiger partial charge in [0.2, 0.25) is 34.8 Å². The van der Waals surface area contributed by atoms with Crippen molar-refractivity contribution in [2.75, 3.05) is 7.11 Å². The highest BCUT2D eigenvalue weighted by atomic mass is 32.2. The first-order chi connectivity index (χ1) is 19.8. The van der Waals surface area contributed by atoms with Gasteiger partial charge >= 0.3 is 10.1 Å². The number of benzene rings is 4. The molecular weight excluding hydrogens is 588 g/mol. The van der Waals surface area contributed by atoms with Crippen molar-refractivity contribution in [3.63, 3.8) is 0 Å². The number of pyridine rings is 1. The third kappa shape index (κ3) is 4.85. The summed E-state index contributed by atoms with van der Waals surface area (Å²) >= 11 is 0. The van der Waals surface area contributed by atoms with Crippen LogP contribution in [0.4, 0.5) is 26.3 Å². The smallest absolute Gasteiger partial charge is 0.339 e. The van der Waals surface area contributed by atoms with Gasteiger partial charge in [-0.2, -0.15) is 17.2 Å². The van der Waals surface area contributed by atoms with Crippen LogP contribution in [0.15, 0.2) is 76.4 Å².